The second-order valence-corrected chi connectivity index (χ2v) is 4.58. The standard InChI is InChI=1S/C14H13N3O4/c1-8-3-4-10(6-12(8)14(18)19)16-13-9(2)5-11(7-15-13)17(20)21/h3-7H,1-2H3,(H,15,16)(H,18,19). The van der Waals surface area contributed by atoms with Gasteiger partial charge in [-0.1, -0.05) is 6.07 Å². The highest BCUT2D eigenvalue weighted by molar-refractivity contribution is 5.90. The Labute approximate surface area is 120 Å². The molecule has 2 aromatic rings. The zero-order valence-electron chi connectivity index (χ0n) is 11.5. The molecular formula is C14H13N3O4. The molecular weight excluding hydrogens is 274 g/mol. The molecule has 0 aliphatic carbocycles. The number of nitro groups is 1. The minimum absolute atomic E-state index is 0.0896. The lowest BCUT2D eigenvalue weighted by molar-refractivity contribution is -0.385. The van der Waals surface area contributed by atoms with Gasteiger partial charge in [0.05, 0.1) is 10.5 Å². The van der Waals surface area contributed by atoms with Crippen molar-refractivity contribution in [2.24, 2.45) is 0 Å². The number of aromatic nitrogens is 1. The number of rotatable bonds is 4. The quantitative estimate of drug-likeness (QED) is 0.661. The number of anilines is 2. The minimum atomic E-state index is -1.01. The first-order valence-electron chi connectivity index (χ1n) is 6.10. The van der Waals surface area contributed by atoms with E-state index in [9.17, 15) is 14.9 Å². The van der Waals surface area contributed by atoms with E-state index >= 15 is 0 Å². The molecule has 0 amide bonds. The van der Waals surface area contributed by atoms with Crippen molar-refractivity contribution in [2.45, 2.75) is 13.8 Å². The van der Waals surface area contributed by atoms with Crippen LogP contribution in [0.15, 0.2) is 30.5 Å². The summed E-state index contributed by atoms with van der Waals surface area (Å²) in [5.74, 6) is -0.565. The van der Waals surface area contributed by atoms with Crippen molar-refractivity contribution in [3.8, 4) is 0 Å². The van der Waals surface area contributed by atoms with Crippen LogP contribution >= 0.6 is 0 Å². The van der Waals surface area contributed by atoms with E-state index in [1.165, 1.54) is 12.1 Å². The summed E-state index contributed by atoms with van der Waals surface area (Å²) in [4.78, 5) is 25.2. The van der Waals surface area contributed by atoms with Crippen LogP contribution < -0.4 is 5.32 Å². The summed E-state index contributed by atoms with van der Waals surface area (Å²) >= 11 is 0. The van der Waals surface area contributed by atoms with Crippen LogP contribution in [0, 0.1) is 24.0 Å². The van der Waals surface area contributed by atoms with Crippen LogP contribution in [0.1, 0.15) is 21.5 Å². The molecule has 1 aromatic carbocycles. The Morgan fingerprint density at radius 3 is 2.57 bits per heavy atom. The molecule has 1 heterocycles. The minimum Gasteiger partial charge on any atom is -0.478 e. The number of hydrogen-bond donors (Lipinski definition) is 2. The molecule has 0 radical (unpaired) electrons. The third-order valence-electron chi connectivity index (χ3n) is 3.01. The molecule has 7 heteroatoms. The van der Waals surface area contributed by atoms with Crippen molar-refractivity contribution in [1.29, 1.82) is 0 Å². The number of benzene rings is 1. The molecule has 1 aromatic heterocycles. The van der Waals surface area contributed by atoms with Crippen molar-refractivity contribution in [3.63, 3.8) is 0 Å². The second kappa shape index (κ2) is 5.58. The highest BCUT2D eigenvalue weighted by Crippen LogP contribution is 2.23. The molecule has 0 saturated heterocycles. The number of carboxylic acid groups (broad SMARTS) is 1. The first kappa shape index (κ1) is 14.4. The SMILES string of the molecule is Cc1ccc(Nc2ncc([N+](=O)[O-])cc2C)cc1C(=O)O. The maximum atomic E-state index is 11.1. The number of hydrogen-bond acceptors (Lipinski definition) is 5. The Morgan fingerprint density at radius 1 is 1.29 bits per heavy atom. The van der Waals surface area contributed by atoms with E-state index < -0.39 is 10.9 Å². The second-order valence-electron chi connectivity index (χ2n) is 4.58. The smallest absolute Gasteiger partial charge is 0.336 e. The van der Waals surface area contributed by atoms with Crippen LogP contribution in [0.5, 0.6) is 0 Å². The Balaban J connectivity index is 2.32. The number of nitrogens with zero attached hydrogens (tertiary/aromatic N) is 2. The number of nitrogens with one attached hydrogen (secondary N) is 1. The van der Waals surface area contributed by atoms with E-state index in [0.29, 0.717) is 22.6 Å². The Kier molecular flexibility index (Phi) is 3.84. The van der Waals surface area contributed by atoms with E-state index in [-0.39, 0.29) is 11.3 Å². The third kappa shape index (κ3) is 3.14. The fourth-order valence-corrected chi connectivity index (χ4v) is 1.86. The zero-order valence-corrected chi connectivity index (χ0v) is 11.5. The van der Waals surface area contributed by atoms with Gasteiger partial charge in [-0.3, -0.25) is 10.1 Å². The molecule has 0 spiro atoms. The fraction of sp³-hybridized carbons (Fsp3) is 0.143. The lowest BCUT2D eigenvalue weighted by Crippen LogP contribution is -2.03. The van der Waals surface area contributed by atoms with Gasteiger partial charge in [-0.15, -0.1) is 0 Å². The Morgan fingerprint density at radius 2 is 2.00 bits per heavy atom. The summed E-state index contributed by atoms with van der Waals surface area (Å²) in [6.45, 7) is 3.40. The summed E-state index contributed by atoms with van der Waals surface area (Å²) in [6.07, 6.45) is 1.15. The molecule has 108 valence electrons. The topological polar surface area (TPSA) is 105 Å². The lowest BCUT2D eigenvalue weighted by Gasteiger charge is -2.10. The van der Waals surface area contributed by atoms with Gasteiger partial charge in [-0.05, 0) is 37.1 Å². The first-order valence-corrected chi connectivity index (χ1v) is 6.10. The third-order valence-corrected chi connectivity index (χ3v) is 3.01. The van der Waals surface area contributed by atoms with Crippen LogP contribution in [-0.2, 0) is 0 Å². The maximum absolute atomic E-state index is 11.1. The van der Waals surface area contributed by atoms with Crippen molar-refractivity contribution in [1.82, 2.24) is 4.98 Å². The van der Waals surface area contributed by atoms with Gasteiger partial charge in [0.15, 0.2) is 0 Å². The van der Waals surface area contributed by atoms with E-state index in [1.54, 1.807) is 26.0 Å². The lowest BCUT2D eigenvalue weighted by atomic mass is 10.1. The molecule has 0 bridgehead atoms. The van der Waals surface area contributed by atoms with Crippen LogP contribution in [0.2, 0.25) is 0 Å². The molecule has 7 nitrogen and oxygen atoms in total. The van der Waals surface area contributed by atoms with Crippen molar-refractivity contribution >= 4 is 23.2 Å². The normalized spacial score (nSPS) is 10.2. The van der Waals surface area contributed by atoms with E-state index in [4.69, 9.17) is 5.11 Å². The molecule has 0 saturated carbocycles. The fourth-order valence-electron chi connectivity index (χ4n) is 1.86. The molecule has 0 atom stereocenters. The van der Waals surface area contributed by atoms with Gasteiger partial charge in [-0.2, -0.15) is 0 Å². The number of aryl methyl sites for hydroxylation is 2. The van der Waals surface area contributed by atoms with Gasteiger partial charge in [0.25, 0.3) is 5.69 Å². The van der Waals surface area contributed by atoms with Crippen molar-refractivity contribution in [3.05, 3.63) is 57.3 Å². The summed E-state index contributed by atoms with van der Waals surface area (Å²) in [5, 5.41) is 22.7. The molecule has 0 unspecified atom stereocenters. The van der Waals surface area contributed by atoms with Crippen LogP contribution in [0.25, 0.3) is 0 Å². The van der Waals surface area contributed by atoms with Gasteiger partial charge >= 0.3 is 5.97 Å². The number of aromatic carboxylic acids is 1. The van der Waals surface area contributed by atoms with Gasteiger partial charge in [0.1, 0.15) is 12.0 Å². The molecule has 0 aliphatic rings. The molecule has 21 heavy (non-hydrogen) atoms. The van der Waals surface area contributed by atoms with Crippen LogP contribution in [0.4, 0.5) is 17.2 Å². The number of pyridine rings is 1. The van der Waals surface area contributed by atoms with E-state index in [0.717, 1.165) is 6.20 Å². The van der Waals surface area contributed by atoms with E-state index in [2.05, 4.69) is 10.3 Å². The summed E-state index contributed by atoms with van der Waals surface area (Å²) in [5.41, 5.74) is 1.92. The summed E-state index contributed by atoms with van der Waals surface area (Å²) < 4.78 is 0. The van der Waals surface area contributed by atoms with Gasteiger partial charge < -0.3 is 10.4 Å². The van der Waals surface area contributed by atoms with Crippen LogP contribution in [-0.4, -0.2) is 21.0 Å². The van der Waals surface area contributed by atoms with Crippen LogP contribution in [0.3, 0.4) is 0 Å². The maximum Gasteiger partial charge on any atom is 0.336 e. The Hall–Kier alpha value is -2.96. The largest absolute Gasteiger partial charge is 0.478 e. The number of carboxylic acids is 1. The molecule has 2 N–H and O–H groups in total. The zero-order chi connectivity index (χ0) is 15.6. The number of carbonyl (C=O) groups is 1. The van der Waals surface area contributed by atoms with Gasteiger partial charge in [-0.25, -0.2) is 9.78 Å². The van der Waals surface area contributed by atoms with Crippen molar-refractivity contribution in [2.75, 3.05) is 5.32 Å². The summed E-state index contributed by atoms with van der Waals surface area (Å²) in [6, 6.07) is 6.32. The highest BCUT2D eigenvalue weighted by atomic mass is 16.6. The molecule has 0 fully saturated rings. The monoisotopic (exact) mass is 287 g/mol. The van der Waals surface area contributed by atoms with Crippen molar-refractivity contribution < 1.29 is 14.8 Å². The Bertz CT molecular complexity index is 728. The molecule has 2 rings (SSSR count). The summed E-state index contributed by atoms with van der Waals surface area (Å²) in [7, 11) is 0. The average molecular weight is 287 g/mol. The average Bonchev–Trinajstić information content (AvgIpc) is 2.42. The van der Waals surface area contributed by atoms with E-state index in [1.807, 2.05) is 0 Å². The van der Waals surface area contributed by atoms with Gasteiger partial charge in [0.2, 0.25) is 0 Å². The predicted octanol–water partition coefficient (Wildman–Crippen LogP) is 3.05. The first-order chi connectivity index (χ1) is 9.88. The highest BCUT2D eigenvalue weighted by Gasteiger charge is 2.11. The van der Waals surface area contributed by atoms with Gasteiger partial charge in [0, 0.05) is 11.8 Å². The molecule has 0 aliphatic heterocycles. The predicted molar refractivity (Wildman–Crippen MR) is 77.0 cm³/mol.